The van der Waals surface area contributed by atoms with Gasteiger partial charge >= 0.3 is 0 Å². The molecule has 3 rings (SSSR count). The van der Waals surface area contributed by atoms with E-state index in [-0.39, 0.29) is 0 Å². The van der Waals surface area contributed by atoms with Crippen LogP contribution >= 0.6 is 0 Å². The van der Waals surface area contributed by atoms with Gasteiger partial charge in [0.05, 0.1) is 18.5 Å². The van der Waals surface area contributed by atoms with Crippen LogP contribution in [0.4, 0.5) is 0 Å². The monoisotopic (exact) mass is 219 g/mol. The zero-order valence-electron chi connectivity index (χ0n) is 9.26. The first-order valence-electron chi connectivity index (χ1n) is 6.01. The molecule has 1 N–H and O–H groups in total. The summed E-state index contributed by atoms with van der Waals surface area (Å²) in [6, 6.07) is 4.41. The first kappa shape index (κ1) is 10.1. The highest BCUT2D eigenvalue weighted by Gasteiger charge is 2.39. The Kier molecular flexibility index (Phi) is 2.80. The van der Waals surface area contributed by atoms with E-state index in [0.717, 1.165) is 12.3 Å². The zero-order chi connectivity index (χ0) is 10.8. The van der Waals surface area contributed by atoms with Crippen molar-refractivity contribution in [3.63, 3.8) is 0 Å². The molecule has 0 spiro atoms. The van der Waals surface area contributed by atoms with Crippen LogP contribution in [0.5, 0.6) is 0 Å². The minimum absolute atomic E-state index is 0.460. The van der Waals surface area contributed by atoms with Gasteiger partial charge in [0.15, 0.2) is 0 Å². The molecule has 3 heterocycles. The normalized spacial score (nSPS) is 32.9. The van der Waals surface area contributed by atoms with Crippen LogP contribution in [0.1, 0.15) is 25.0 Å². The molecule has 86 valence electrons. The Balaban J connectivity index is 1.44. The number of nitrogens with one attached hydrogen (secondary N) is 1. The predicted molar refractivity (Wildman–Crippen MR) is 62.0 cm³/mol. The number of ether oxygens (including phenoxy) is 1. The van der Waals surface area contributed by atoms with E-state index in [4.69, 9.17) is 9.15 Å². The molecule has 0 aliphatic carbocycles. The van der Waals surface area contributed by atoms with Crippen LogP contribution in [-0.2, 0) is 4.74 Å². The van der Waals surface area contributed by atoms with Crippen molar-refractivity contribution in [2.45, 2.75) is 37.5 Å². The Morgan fingerprint density at radius 1 is 1.44 bits per heavy atom. The van der Waals surface area contributed by atoms with Crippen LogP contribution < -0.4 is 5.32 Å². The molecule has 3 nitrogen and oxygen atoms in total. The van der Waals surface area contributed by atoms with Gasteiger partial charge in [-0.15, -0.1) is 0 Å². The maximum Gasteiger partial charge on any atom is 0.126 e. The van der Waals surface area contributed by atoms with Gasteiger partial charge in [-0.2, -0.15) is 0 Å². The van der Waals surface area contributed by atoms with Crippen molar-refractivity contribution in [1.29, 1.82) is 0 Å². The summed E-state index contributed by atoms with van der Waals surface area (Å²) in [5.41, 5.74) is 0. The van der Waals surface area contributed by atoms with Crippen LogP contribution in [0.25, 0.3) is 6.08 Å². The third-order valence-corrected chi connectivity index (χ3v) is 3.43. The number of hydrogen-bond acceptors (Lipinski definition) is 3. The van der Waals surface area contributed by atoms with E-state index in [2.05, 4.69) is 11.4 Å². The van der Waals surface area contributed by atoms with E-state index in [0.29, 0.717) is 18.2 Å². The molecule has 0 aromatic carbocycles. The summed E-state index contributed by atoms with van der Waals surface area (Å²) in [5, 5.41) is 3.52. The smallest absolute Gasteiger partial charge is 0.126 e. The van der Waals surface area contributed by atoms with Gasteiger partial charge in [-0.1, -0.05) is 6.08 Å². The summed E-state index contributed by atoms with van der Waals surface area (Å²) in [7, 11) is 0. The summed E-state index contributed by atoms with van der Waals surface area (Å²) in [4.78, 5) is 0. The van der Waals surface area contributed by atoms with Gasteiger partial charge in [-0.25, -0.2) is 0 Å². The molecule has 3 unspecified atom stereocenters. The number of hydrogen-bond donors (Lipinski definition) is 1. The topological polar surface area (TPSA) is 34.4 Å². The lowest BCUT2D eigenvalue weighted by molar-refractivity contribution is 0.0978. The summed E-state index contributed by atoms with van der Waals surface area (Å²) >= 11 is 0. The van der Waals surface area contributed by atoms with Crippen molar-refractivity contribution in [2.75, 3.05) is 6.54 Å². The fraction of sp³-hybridized carbons (Fsp3) is 0.538. The Bertz CT molecular complexity index is 358. The fourth-order valence-corrected chi connectivity index (χ4v) is 2.63. The van der Waals surface area contributed by atoms with Crippen LogP contribution in [0.3, 0.4) is 0 Å². The highest BCUT2D eigenvalue weighted by Crippen LogP contribution is 2.34. The van der Waals surface area contributed by atoms with Gasteiger partial charge in [-0.05, 0) is 37.5 Å². The molecule has 0 radical (unpaired) electrons. The van der Waals surface area contributed by atoms with Gasteiger partial charge in [0, 0.05) is 12.6 Å². The molecule has 0 amide bonds. The second-order valence-corrected chi connectivity index (χ2v) is 4.54. The Labute approximate surface area is 95.5 Å². The summed E-state index contributed by atoms with van der Waals surface area (Å²) < 4.78 is 11.0. The molecule has 16 heavy (non-hydrogen) atoms. The van der Waals surface area contributed by atoms with Gasteiger partial charge in [0.1, 0.15) is 5.76 Å². The summed E-state index contributed by atoms with van der Waals surface area (Å²) in [5.74, 6) is 0.908. The Morgan fingerprint density at radius 2 is 2.44 bits per heavy atom. The molecule has 2 fully saturated rings. The number of furan rings is 1. The second kappa shape index (κ2) is 4.44. The Morgan fingerprint density at radius 3 is 3.12 bits per heavy atom. The largest absolute Gasteiger partial charge is 0.465 e. The standard InChI is InChI=1S/C13H17NO2/c1(3-10-4-2-8-15-10)7-14-12-9-11-5-6-13(12)16-11/h1-4,8,11-14H,5-7,9H2/b3-1+. The SMILES string of the molecule is C(=C\c1ccco1)/CNC1CC2CCC1O2. The third kappa shape index (κ3) is 2.06. The van der Waals surface area contributed by atoms with Crippen LogP contribution in [0.15, 0.2) is 28.9 Å². The van der Waals surface area contributed by atoms with E-state index < -0.39 is 0 Å². The molecule has 0 saturated carbocycles. The van der Waals surface area contributed by atoms with Gasteiger partial charge < -0.3 is 14.5 Å². The van der Waals surface area contributed by atoms with Crippen LogP contribution in [0.2, 0.25) is 0 Å². The minimum Gasteiger partial charge on any atom is -0.465 e. The van der Waals surface area contributed by atoms with Crippen LogP contribution in [0, 0.1) is 0 Å². The van der Waals surface area contributed by atoms with Crippen molar-refractivity contribution in [1.82, 2.24) is 5.32 Å². The van der Waals surface area contributed by atoms with E-state index in [1.54, 1.807) is 6.26 Å². The Hall–Kier alpha value is -1.06. The summed E-state index contributed by atoms with van der Waals surface area (Å²) in [6.45, 7) is 0.887. The highest BCUT2D eigenvalue weighted by atomic mass is 16.5. The second-order valence-electron chi connectivity index (χ2n) is 4.54. The first-order chi connectivity index (χ1) is 7.92. The molecule has 2 aliphatic rings. The molecular formula is C13H17NO2. The highest BCUT2D eigenvalue weighted by molar-refractivity contribution is 5.42. The molecule has 2 saturated heterocycles. The van der Waals surface area contributed by atoms with Crippen molar-refractivity contribution < 1.29 is 9.15 Å². The number of rotatable bonds is 4. The van der Waals surface area contributed by atoms with Crippen molar-refractivity contribution >= 4 is 6.08 Å². The van der Waals surface area contributed by atoms with Gasteiger partial charge in [0.2, 0.25) is 0 Å². The van der Waals surface area contributed by atoms with Gasteiger partial charge in [0.25, 0.3) is 0 Å². The first-order valence-corrected chi connectivity index (χ1v) is 6.01. The van der Waals surface area contributed by atoms with Crippen LogP contribution in [-0.4, -0.2) is 24.8 Å². The quantitative estimate of drug-likeness (QED) is 0.843. The molecule has 1 aromatic heterocycles. The zero-order valence-corrected chi connectivity index (χ0v) is 9.26. The average Bonchev–Trinajstić information content (AvgIpc) is 3.01. The lowest BCUT2D eigenvalue weighted by atomic mass is 9.95. The van der Waals surface area contributed by atoms with E-state index >= 15 is 0 Å². The van der Waals surface area contributed by atoms with Crippen molar-refractivity contribution in [2.24, 2.45) is 0 Å². The summed E-state index contributed by atoms with van der Waals surface area (Å²) in [6.07, 6.45) is 10.4. The maximum atomic E-state index is 5.78. The van der Waals surface area contributed by atoms with Crippen molar-refractivity contribution in [3.8, 4) is 0 Å². The molecular weight excluding hydrogens is 202 g/mol. The van der Waals surface area contributed by atoms with E-state index in [9.17, 15) is 0 Å². The molecule has 3 heteroatoms. The lowest BCUT2D eigenvalue weighted by Gasteiger charge is -2.18. The van der Waals surface area contributed by atoms with Crippen molar-refractivity contribution in [3.05, 3.63) is 30.2 Å². The molecule has 1 aromatic rings. The maximum absolute atomic E-state index is 5.78. The van der Waals surface area contributed by atoms with E-state index in [1.807, 2.05) is 18.2 Å². The third-order valence-electron chi connectivity index (χ3n) is 3.43. The fourth-order valence-electron chi connectivity index (χ4n) is 2.63. The minimum atomic E-state index is 0.460. The number of fused-ring (bicyclic) bond motifs is 2. The van der Waals surface area contributed by atoms with Gasteiger partial charge in [-0.3, -0.25) is 0 Å². The molecule has 3 atom stereocenters. The molecule has 2 aliphatic heterocycles. The van der Waals surface area contributed by atoms with E-state index in [1.165, 1.54) is 19.3 Å². The average molecular weight is 219 g/mol. The molecule has 2 bridgehead atoms. The lowest BCUT2D eigenvalue weighted by Crippen LogP contribution is -2.37. The predicted octanol–water partition coefficient (Wildman–Crippen LogP) is 2.20.